The minimum Gasteiger partial charge on any atom is -0.351 e. The molecule has 3 aromatic rings. The van der Waals surface area contributed by atoms with Crippen molar-refractivity contribution in [1.82, 2.24) is 9.97 Å². The molecule has 0 spiro atoms. The minimum absolute atomic E-state index is 0.576. The molecule has 1 aromatic carbocycles. The van der Waals surface area contributed by atoms with E-state index in [-0.39, 0.29) is 0 Å². The van der Waals surface area contributed by atoms with Crippen LogP contribution in [0.1, 0.15) is 18.2 Å². The zero-order valence-electron chi connectivity index (χ0n) is 12.7. The number of pyridine rings is 2. The maximum absolute atomic E-state index is 9.44. The van der Waals surface area contributed by atoms with Crippen molar-refractivity contribution < 1.29 is 0 Å². The molecule has 0 bridgehead atoms. The van der Waals surface area contributed by atoms with Crippen LogP contribution in [0, 0.1) is 11.3 Å². The third kappa shape index (κ3) is 3.25. The van der Waals surface area contributed by atoms with Crippen LogP contribution in [-0.4, -0.2) is 16.5 Å². The summed E-state index contributed by atoms with van der Waals surface area (Å²) >= 11 is 6.03. The first-order chi connectivity index (χ1) is 11.2. The second-order valence-corrected chi connectivity index (χ2v) is 5.57. The average molecular weight is 323 g/mol. The molecule has 23 heavy (non-hydrogen) atoms. The Bertz CT molecular complexity index is 871. The number of halogens is 1. The molecule has 0 N–H and O–H groups in total. The fourth-order valence-electron chi connectivity index (χ4n) is 2.48. The molecule has 0 aliphatic heterocycles. The van der Waals surface area contributed by atoms with Gasteiger partial charge in [0.25, 0.3) is 0 Å². The minimum atomic E-state index is 0.576. The highest BCUT2D eigenvalue weighted by atomic mass is 35.5. The van der Waals surface area contributed by atoms with Gasteiger partial charge in [-0.15, -0.1) is 0 Å². The van der Waals surface area contributed by atoms with Crippen LogP contribution in [0.3, 0.4) is 0 Å². The monoisotopic (exact) mass is 322 g/mol. The number of nitriles is 1. The molecule has 0 unspecified atom stereocenters. The quantitative estimate of drug-likeness (QED) is 0.723. The van der Waals surface area contributed by atoms with Gasteiger partial charge in [-0.05, 0) is 43.3 Å². The van der Waals surface area contributed by atoms with Gasteiger partial charge in [0.2, 0.25) is 0 Å². The SMILES string of the molecule is CCN(Cc1ccccn1)c1cc(C#N)c2cc(Cl)ccc2n1. The molecule has 5 heteroatoms. The summed E-state index contributed by atoms with van der Waals surface area (Å²) in [6.07, 6.45) is 1.78. The Kier molecular flexibility index (Phi) is 4.40. The van der Waals surface area contributed by atoms with Crippen LogP contribution in [0.4, 0.5) is 5.82 Å². The summed E-state index contributed by atoms with van der Waals surface area (Å²) in [6, 6.07) is 15.3. The van der Waals surface area contributed by atoms with E-state index >= 15 is 0 Å². The molecule has 4 nitrogen and oxygen atoms in total. The smallest absolute Gasteiger partial charge is 0.130 e. The summed E-state index contributed by atoms with van der Waals surface area (Å²) in [5, 5.41) is 10.8. The zero-order valence-corrected chi connectivity index (χ0v) is 13.5. The van der Waals surface area contributed by atoms with Gasteiger partial charge in [-0.1, -0.05) is 17.7 Å². The predicted octanol–water partition coefficient (Wildman–Crippen LogP) is 4.18. The number of nitrogens with zero attached hydrogens (tertiary/aromatic N) is 4. The van der Waals surface area contributed by atoms with Crippen molar-refractivity contribution in [3.63, 3.8) is 0 Å². The second-order valence-electron chi connectivity index (χ2n) is 5.14. The number of hydrogen-bond acceptors (Lipinski definition) is 4. The Balaban J connectivity index is 2.04. The highest BCUT2D eigenvalue weighted by Crippen LogP contribution is 2.26. The van der Waals surface area contributed by atoms with Gasteiger partial charge in [0.15, 0.2) is 0 Å². The average Bonchev–Trinajstić information content (AvgIpc) is 2.59. The zero-order chi connectivity index (χ0) is 16.2. The van der Waals surface area contributed by atoms with Gasteiger partial charge < -0.3 is 4.90 Å². The molecule has 0 atom stereocenters. The molecular formula is C18H15ClN4. The molecular weight excluding hydrogens is 308 g/mol. The van der Waals surface area contributed by atoms with E-state index in [9.17, 15) is 5.26 Å². The molecule has 0 fully saturated rings. The lowest BCUT2D eigenvalue weighted by atomic mass is 10.1. The van der Waals surface area contributed by atoms with Gasteiger partial charge in [-0.3, -0.25) is 4.98 Å². The van der Waals surface area contributed by atoms with Crippen LogP contribution >= 0.6 is 11.6 Å². The topological polar surface area (TPSA) is 52.8 Å². The van der Waals surface area contributed by atoms with Crippen molar-refractivity contribution in [2.24, 2.45) is 0 Å². The van der Waals surface area contributed by atoms with Gasteiger partial charge in [-0.2, -0.15) is 5.26 Å². The van der Waals surface area contributed by atoms with E-state index in [0.29, 0.717) is 17.1 Å². The molecule has 2 aromatic heterocycles. The highest BCUT2D eigenvalue weighted by molar-refractivity contribution is 6.31. The van der Waals surface area contributed by atoms with Crippen molar-refractivity contribution >= 4 is 28.3 Å². The number of fused-ring (bicyclic) bond motifs is 1. The Morgan fingerprint density at radius 2 is 2.09 bits per heavy atom. The summed E-state index contributed by atoms with van der Waals surface area (Å²) in [5.41, 5.74) is 2.31. The highest BCUT2D eigenvalue weighted by Gasteiger charge is 2.12. The standard InChI is InChI=1S/C18H15ClN4/c1-2-23(12-15-5-3-4-8-21-15)18-9-13(11-20)16-10-14(19)6-7-17(16)22-18/h3-10H,2,12H2,1H3. The molecule has 0 radical (unpaired) electrons. The summed E-state index contributed by atoms with van der Waals surface area (Å²) in [5.74, 6) is 0.768. The van der Waals surface area contributed by atoms with Crippen LogP contribution in [0.2, 0.25) is 5.02 Å². The lowest BCUT2D eigenvalue weighted by molar-refractivity contribution is 0.796. The first-order valence-electron chi connectivity index (χ1n) is 7.36. The Morgan fingerprint density at radius 1 is 1.22 bits per heavy atom. The molecule has 0 aliphatic carbocycles. The van der Waals surface area contributed by atoms with E-state index in [1.54, 1.807) is 18.3 Å². The fraction of sp³-hybridized carbons (Fsp3) is 0.167. The maximum atomic E-state index is 9.44. The van der Waals surface area contributed by atoms with Crippen molar-refractivity contribution in [3.05, 3.63) is 64.9 Å². The lowest BCUT2D eigenvalue weighted by Gasteiger charge is -2.22. The van der Waals surface area contributed by atoms with E-state index in [2.05, 4.69) is 27.9 Å². The fourth-order valence-corrected chi connectivity index (χ4v) is 2.65. The van der Waals surface area contributed by atoms with E-state index < -0.39 is 0 Å². The summed E-state index contributed by atoms with van der Waals surface area (Å²) < 4.78 is 0. The third-order valence-electron chi connectivity index (χ3n) is 3.66. The van der Waals surface area contributed by atoms with Crippen LogP contribution in [0.15, 0.2) is 48.7 Å². The number of benzene rings is 1. The second kappa shape index (κ2) is 6.64. The number of aromatic nitrogens is 2. The third-order valence-corrected chi connectivity index (χ3v) is 3.90. The molecule has 0 saturated heterocycles. The summed E-state index contributed by atoms with van der Waals surface area (Å²) in [6.45, 7) is 3.48. The molecule has 2 heterocycles. The van der Waals surface area contributed by atoms with Gasteiger partial charge in [0.05, 0.1) is 29.4 Å². The van der Waals surface area contributed by atoms with Crippen molar-refractivity contribution in [2.75, 3.05) is 11.4 Å². The van der Waals surface area contributed by atoms with Crippen molar-refractivity contribution in [1.29, 1.82) is 5.26 Å². The van der Waals surface area contributed by atoms with E-state index in [1.807, 2.05) is 30.3 Å². The van der Waals surface area contributed by atoms with Gasteiger partial charge in [0, 0.05) is 23.2 Å². The van der Waals surface area contributed by atoms with Crippen molar-refractivity contribution in [2.45, 2.75) is 13.5 Å². The predicted molar refractivity (Wildman–Crippen MR) is 92.4 cm³/mol. The maximum Gasteiger partial charge on any atom is 0.130 e. The first kappa shape index (κ1) is 15.3. The molecule has 114 valence electrons. The number of hydrogen-bond donors (Lipinski definition) is 0. The van der Waals surface area contributed by atoms with Crippen LogP contribution in [-0.2, 0) is 6.54 Å². The summed E-state index contributed by atoms with van der Waals surface area (Å²) in [7, 11) is 0. The lowest BCUT2D eigenvalue weighted by Crippen LogP contribution is -2.23. The van der Waals surface area contributed by atoms with Crippen LogP contribution < -0.4 is 4.90 Å². The van der Waals surface area contributed by atoms with E-state index in [4.69, 9.17) is 11.6 Å². The number of rotatable bonds is 4. The molecule has 0 saturated carbocycles. The number of anilines is 1. The molecule has 0 amide bonds. The van der Waals surface area contributed by atoms with Gasteiger partial charge in [0.1, 0.15) is 5.82 Å². The van der Waals surface area contributed by atoms with Gasteiger partial charge >= 0.3 is 0 Å². The van der Waals surface area contributed by atoms with Crippen LogP contribution in [0.25, 0.3) is 10.9 Å². The summed E-state index contributed by atoms with van der Waals surface area (Å²) in [4.78, 5) is 11.1. The van der Waals surface area contributed by atoms with Crippen LogP contribution in [0.5, 0.6) is 0 Å². The van der Waals surface area contributed by atoms with E-state index in [1.165, 1.54) is 0 Å². The Morgan fingerprint density at radius 3 is 2.78 bits per heavy atom. The van der Waals surface area contributed by atoms with E-state index in [0.717, 1.165) is 29.0 Å². The normalized spacial score (nSPS) is 10.5. The van der Waals surface area contributed by atoms with Crippen molar-refractivity contribution in [3.8, 4) is 6.07 Å². The first-order valence-corrected chi connectivity index (χ1v) is 7.74. The molecule has 0 aliphatic rings. The van der Waals surface area contributed by atoms with Gasteiger partial charge in [-0.25, -0.2) is 4.98 Å². The Hall–Kier alpha value is -2.64. The largest absolute Gasteiger partial charge is 0.351 e. The Labute approximate surface area is 140 Å². The molecule has 3 rings (SSSR count).